The van der Waals surface area contributed by atoms with Crippen LogP contribution in [-0.2, 0) is 11.2 Å². The highest BCUT2D eigenvalue weighted by Crippen LogP contribution is 2.31. The van der Waals surface area contributed by atoms with E-state index in [9.17, 15) is 4.79 Å². The Hall–Kier alpha value is -3.22. The molecule has 7 nitrogen and oxygen atoms in total. The summed E-state index contributed by atoms with van der Waals surface area (Å²) in [6.45, 7) is 2.42. The Morgan fingerprint density at radius 2 is 1.82 bits per heavy atom. The van der Waals surface area contributed by atoms with Crippen molar-refractivity contribution in [3.8, 4) is 5.82 Å². The molecule has 142 valence electrons. The maximum absolute atomic E-state index is 13.1. The molecule has 0 N–H and O–H groups in total. The summed E-state index contributed by atoms with van der Waals surface area (Å²) in [6.07, 6.45) is 9.70. The monoisotopic (exact) mass is 374 g/mol. The Balaban J connectivity index is 1.26. The van der Waals surface area contributed by atoms with E-state index in [1.165, 1.54) is 5.56 Å². The van der Waals surface area contributed by atoms with E-state index in [0.29, 0.717) is 5.82 Å². The van der Waals surface area contributed by atoms with Crippen molar-refractivity contribution in [2.75, 3.05) is 29.4 Å². The molecule has 1 amide bonds. The highest BCUT2D eigenvalue weighted by molar-refractivity contribution is 5.97. The quantitative estimate of drug-likeness (QED) is 0.705. The number of piperidine rings is 1. The summed E-state index contributed by atoms with van der Waals surface area (Å²) in [5.41, 5.74) is 2.37. The first-order valence-corrected chi connectivity index (χ1v) is 9.76. The van der Waals surface area contributed by atoms with E-state index >= 15 is 0 Å². The van der Waals surface area contributed by atoms with Crippen LogP contribution < -0.4 is 9.80 Å². The van der Waals surface area contributed by atoms with Crippen LogP contribution in [0.15, 0.2) is 55.1 Å². The Kier molecular flexibility index (Phi) is 4.27. The topological polar surface area (TPSA) is 67.2 Å². The molecule has 2 aliphatic rings. The number of hydrogen-bond donors (Lipinski definition) is 0. The van der Waals surface area contributed by atoms with Crippen molar-refractivity contribution in [3.05, 3.63) is 60.7 Å². The van der Waals surface area contributed by atoms with Crippen LogP contribution in [0.1, 0.15) is 18.4 Å². The number of nitrogens with zero attached hydrogens (tertiary/aromatic N) is 6. The molecule has 0 atom stereocenters. The summed E-state index contributed by atoms with van der Waals surface area (Å²) in [5, 5.41) is 4.22. The lowest BCUT2D eigenvalue weighted by atomic mass is 9.95. The fourth-order valence-corrected chi connectivity index (χ4v) is 4.16. The smallest absolute Gasteiger partial charge is 0.230 e. The highest BCUT2D eigenvalue weighted by atomic mass is 16.2. The fraction of sp³-hybridized carbons (Fsp3) is 0.333. The van der Waals surface area contributed by atoms with E-state index in [2.05, 4.69) is 32.1 Å². The van der Waals surface area contributed by atoms with Gasteiger partial charge in [-0.1, -0.05) is 18.2 Å². The minimum Gasteiger partial charge on any atom is -0.355 e. The van der Waals surface area contributed by atoms with Crippen molar-refractivity contribution >= 4 is 17.4 Å². The first kappa shape index (κ1) is 16.9. The van der Waals surface area contributed by atoms with Crippen molar-refractivity contribution < 1.29 is 4.79 Å². The van der Waals surface area contributed by atoms with E-state index in [1.807, 2.05) is 29.3 Å². The molecular formula is C21H22N6O. The van der Waals surface area contributed by atoms with Crippen molar-refractivity contribution in [1.82, 2.24) is 19.7 Å². The van der Waals surface area contributed by atoms with Gasteiger partial charge >= 0.3 is 0 Å². The summed E-state index contributed by atoms with van der Waals surface area (Å²) < 4.78 is 1.71. The minimum atomic E-state index is 0.0738. The second-order valence-corrected chi connectivity index (χ2v) is 7.32. The molecule has 2 aliphatic heterocycles. The SMILES string of the molecule is O=C(C1CCN(c2cncc(-n3cccn3)n2)CC1)N1CCc2ccccc21. The minimum absolute atomic E-state index is 0.0738. The number of para-hydroxylation sites is 1. The zero-order valence-corrected chi connectivity index (χ0v) is 15.6. The summed E-state index contributed by atoms with van der Waals surface area (Å²) >= 11 is 0. The Morgan fingerprint density at radius 3 is 2.64 bits per heavy atom. The lowest BCUT2D eigenvalue weighted by Crippen LogP contribution is -2.42. The van der Waals surface area contributed by atoms with E-state index in [0.717, 1.165) is 50.4 Å². The van der Waals surface area contributed by atoms with Gasteiger partial charge in [-0.15, -0.1) is 0 Å². The second kappa shape index (κ2) is 7.07. The van der Waals surface area contributed by atoms with Crippen LogP contribution in [0.2, 0.25) is 0 Å². The average Bonchev–Trinajstić information content (AvgIpc) is 3.44. The van der Waals surface area contributed by atoms with Crippen LogP contribution in [0.4, 0.5) is 11.5 Å². The van der Waals surface area contributed by atoms with Crippen LogP contribution in [0, 0.1) is 5.92 Å². The summed E-state index contributed by atoms with van der Waals surface area (Å²) in [4.78, 5) is 26.3. The van der Waals surface area contributed by atoms with Gasteiger partial charge in [-0.25, -0.2) is 9.67 Å². The number of anilines is 2. The van der Waals surface area contributed by atoms with Crippen molar-refractivity contribution in [2.24, 2.45) is 5.92 Å². The zero-order chi connectivity index (χ0) is 18.9. The second-order valence-electron chi connectivity index (χ2n) is 7.32. The van der Waals surface area contributed by atoms with Crippen molar-refractivity contribution in [2.45, 2.75) is 19.3 Å². The molecule has 0 bridgehead atoms. The maximum atomic E-state index is 13.1. The number of carbonyl (C=O) groups excluding carboxylic acids is 1. The van der Waals surface area contributed by atoms with Gasteiger partial charge in [0, 0.05) is 43.6 Å². The molecule has 2 aromatic heterocycles. The fourth-order valence-electron chi connectivity index (χ4n) is 4.16. The average molecular weight is 374 g/mol. The number of benzene rings is 1. The number of rotatable bonds is 3. The van der Waals surface area contributed by atoms with Crippen LogP contribution in [0.3, 0.4) is 0 Å². The third-order valence-electron chi connectivity index (χ3n) is 5.67. The number of carbonyl (C=O) groups is 1. The van der Waals surface area contributed by atoms with E-state index < -0.39 is 0 Å². The summed E-state index contributed by atoms with van der Waals surface area (Å²) in [6, 6.07) is 10.1. The molecule has 0 unspecified atom stereocenters. The third kappa shape index (κ3) is 3.02. The van der Waals surface area contributed by atoms with Gasteiger partial charge in [-0.3, -0.25) is 9.78 Å². The Bertz CT molecular complexity index is 978. The van der Waals surface area contributed by atoms with Crippen molar-refractivity contribution in [1.29, 1.82) is 0 Å². The van der Waals surface area contributed by atoms with E-state index in [4.69, 9.17) is 0 Å². The molecule has 3 aromatic rings. The van der Waals surface area contributed by atoms with Gasteiger partial charge in [0.1, 0.15) is 5.82 Å². The van der Waals surface area contributed by atoms with Crippen LogP contribution in [-0.4, -0.2) is 45.3 Å². The lowest BCUT2D eigenvalue weighted by molar-refractivity contribution is -0.122. The third-order valence-corrected chi connectivity index (χ3v) is 5.67. The van der Waals surface area contributed by atoms with Gasteiger partial charge in [-0.2, -0.15) is 5.10 Å². The first-order chi connectivity index (χ1) is 13.8. The molecule has 28 heavy (non-hydrogen) atoms. The summed E-state index contributed by atoms with van der Waals surface area (Å²) in [5.74, 6) is 1.88. The predicted octanol–water partition coefficient (Wildman–Crippen LogP) is 2.47. The standard InChI is InChI=1S/C21H22N6O/c28-21(26-13-8-16-4-1-2-5-18(16)26)17-6-11-25(12-7-17)19-14-22-15-20(24-19)27-10-3-9-23-27/h1-5,9-10,14-15,17H,6-8,11-13H2. The highest BCUT2D eigenvalue weighted by Gasteiger charge is 2.32. The summed E-state index contributed by atoms with van der Waals surface area (Å²) in [7, 11) is 0. The molecule has 0 spiro atoms. The Labute approximate surface area is 163 Å². The number of fused-ring (bicyclic) bond motifs is 1. The number of hydrogen-bond acceptors (Lipinski definition) is 5. The number of aromatic nitrogens is 4. The maximum Gasteiger partial charge on any atom is 0.230 e. The Morgan fingerprint density at radius 1 is 1.00 bits per heavy atom. The lowest BCUT2D eigenvalue weighted by Gasteiger charge is -2.33. The molecule has 0 radical (unpaired) electrons. The van der Waals surface area contributed by atoms with Crippen LogP contribution in [0.5, 0.6) is 0 Å². The van der Waals surface area contributed by atoms with Gasteiger partial charge < -0.3 is 9.80 Å². The van der Waals surface area contributed by atoms with E-state index in [-0.39, 0.29) is 11.8 Å². The van der Waals surface area contributed by atoms with Gasteiger partial charge in [0.2, 0.25) is 5.91 Å². The molecule has 1 aromatic carbocycles. The van der Waals surface area contributed by atoms with Crippen LogP contribution in [0.25, 0.3) is 5.82 Å². The normalized spacial score (nSPS) is 17.0. The van der Waals surface area contributed by atoms with Gasteiger partial charge in [0.15, 0.2) is 5.82 Å². The molecule has 1 fully saturated rings. The largest absolute Gasteiger partial charge is 0.355 e. The molecule has 0 saturated carbocycles. The molecule has 5 rings (SSSR count). The van der Waals surface area contributed by atoms with Crippen LogP contribution >= 0.6 is 0 Å². The van der Waals surface area contributed by atoms with Gasteiger partial charge in [-0.05, 0) is 37.0 Å². The predicted molar refractivity (Wildman–Crippen MR) is 107 cm³/mol. The van der Waals surface area contributed by atoms with Gasteiger partial charge in [0.25, 0.3) is 0 Å². The van der Waals surface area contributed by atoms with E-state index in [1.54, 1.807) is 23.3 Å². The zero-order valence-electron chi connectivity index (χ0n) is 15.6. The molecule has 1 saturated heterocycles. The molecule has 0 aliphatic carbocycles. The molecule has 4 heterocycles. The molecular weight excluding hydrogens is 352 g/mol. The number of amides is 1. The first-order valence-electron chi connectivity index (χ1n) is 9.76. The van der Waals surface area contributed by atoms with Crippen molar-refractivity contribution in [3.63, 3.8) is 0 Å². The molecule has 7 heteroatoms. The van der Waals surface area contributed by atoms with Gasteiger partial charge in [0.05, 0.1) is 12.4 Å².